The number of halogens is 3. The number of imidazole rings is 1. The van der Waals surface area contributed by atoms with Gasteiger partial charge in [-0.05, 0) is 37.3 Å². The van der Waals surface area contributed by atoms with Gasteiger partial charge in [0.2, 0.25) is 5.91 Å². The van der Waals surface area contributed by atoms with E-state index in [-0.39, 0.29) is 17.9 Å². The fraction of sp³-hybridized carbons (Fsp3) is 0.222. The minimum Gasteiger partial charge on any atom is -0.325 e. The first-order valence-corrected chi connectivity index (χ1v) is 7.96. The smallest absolute Gasteiger partial charge is 0.325 e. The molecule has 0 unspecified atom stereocenters. The maximum Gasteiger partial charge on any atom is 0.416 e. The van der Waals surface area contributed by atoms with E-state index in [0.717, 1.165) is 12.1 Å². The van der Waals surface area contributed by atoms with Crippen LogP contribution >= 0.6 is 0 Å². The second-order valence-electron chi connectivity index (χ2n) is 5.73. The van der Waals surface area contributed by atoms with Crippen molar-refractivity contribution in [3.05, 3.63) is 64.6 Å². The van der Waals surface area contributed by atoms with Crippen LogP contribution in [0.15, 0.2) is 53.3 Å². The van der Waals surface area contributed by atoms with Crippen molar-refractivity contribution in [1.82, 2.24) is 9.13 Å². The summed E-state index contributed by atoms with van der Waals surface area (Å²) in [4.78, 5) is 24.8. The molecule has 1 aromatic heterocycles. The van der Waals surface area contributed by atoms with Gasteiger partial charge in [-0.3, -0.25) is 13.9 Å². The molecule has 2 aromatic carbocycles. The van der Waals surface area contributed by atoms with E-state index in [4.69, 9.17) is 0 Å². The summed E-state index contributed by atoms with van der Waals surface area (Å²) in [6, 6.07) is 11.4. The van der Waals surface area contributed by atoms with Crippen molar-refractivity contribution in [3.63, 3.8) is 0 Å². The Morgan fingerprint density at radius 3 is 2.31 bits per heavy atom. The molecule has 0 radical (unpaired) electrons. The largest absolute Gasteiger partial charge is 0.416 e. The molecule has 1 amide bonds. The fourth-order valence-corrected chi connectivity index (χ4v) is 2.85. The number of alkyl halides is 3. The predicted molar refractivity (Wildman–Crippen MR) is 91.9 cm³/mol. The van der Waals surface area contributed by atoms with Crippen molar-refractivity contribution in [2.75, 3.05) is 5.32 Å². The van der Waals surface area contributed by atoms with E-state index in [2.05, 4.69) is 5.32 Å². The summed E-state index contributed by atoms with van der Waals surface area (Å²) in [7, 11) is 0. The molecule has 136 valence electrons. The number of benzene rings is 2. The van der Waals surface area contributed by atoms with Crippen molar-refractivity contribution >= 4 is 22.6 Å². The van der Waals surface area contributed by atoms with Crippen LogP contribution in [0.4, 0.5) is 18.9 Å². The average Bonchev–Trinajstić information content (AvgIpc) is 2.86. The van der Waals surface area contributed by atoms with Crippen LogP contribution in [0, 0.1) is 0 Å². The molecular formula is C18H16F3N3O2. The van der Waals surface area contributed by atoms with E-state index >= 15 is 0 Å². The van der Waals surface area contributed by atoms with Gasteiger partial charge in [0.05, 0.1) is 16.6 Å². The third-order valence-corrected chi connectivity index (χ3v) is 4.02. The Balaban J connectivity index is 1.87. The van der Waals surface area contributed by atoms with E-state index in [1.807, 2.05) is 6.92 Å². The summed E-state index contributed by atoms with van der Waals surface area (Å²) in [5.41, 5.74) is 0.130. The average molecular weight is 363 g/mol. The first kappa shape index (κ1) is 17.8. The lowest BCUT2D eigenvalue weighted by molar-refractivity contribution is -0.137. The molecule has 5 nitrogen and oxygen atoms in total. The quantitative estimate of drug-likeness (QED) is 0.772. The number of aromatic nitrogens is 2. The standard InChI is InChI=1S/C18H16F3N3O2/c1-2-23-14-8-3-4-9-15(14)24(17(23)26)11-16(25)22-13-7-5-6-12(10-13)18(19,20)21/h3-10H,2,11H2,1H3,(H,22,25). The van der Waals surface area contributed by atoms with Gasteiger partial charge in [-0.2, -0.15) is 13.2 Å². The molecule has 0 fully saturated rings. The molecule has 0 spiro atoms. The first-order chi connectivity index (χ1) is 12.3. The number of carbonyl (C=O) groups excluding carboxylic acids is 1. The van der Waals surface area contributed by atoms with Crippen LogP contribution < -0.4 is 11.0 Å². The molecule has 0 aliphatic rings. The van der Waals surface area contributed by atoms with Gasteiger partial charge < -0.3 is 5.32 Å². The minimum atomic E-state index is -4.49. The maximum atomic E-state index is 12.8. The Kier molecular flexibility index (Phi) is 4.58. The van der Waals surface area contributed by atoms with Crippen molar-refractivity contribution in [3.8, 4) is 0 Å². The molecular weight excluding hydrogens is 347 g/mol. The molecule has 0 atom stereocenters. The van der Waals surface area contributed by atoms with E-state index in [1.54, 1.807) is 24.3 Å². The number of aryl methyl sites for hydroxylation is 1. The Labute approximate surface area is 146 Å². The van der Waals surface area contributed by atoms with E-state index in [0.29, 0.717) is 17.6 Å². The lowest BCUT2D eigenvalue weighted by atomic mass is 10.2. The highest BCUT2D eigenvalue weighted by Crippen LogP contribution is 2.30. The van der Waals surface area contributed by atoms with Crippen LogP contribution in [0.1, 0.15) is 12.5 Å². The Morgan fingerprint density at radius 2 is 1.69 bits per heavy atom. The van der Waals surface area contributed by atoms with Gasteiger partial charge in [0.1, 0.15) is 6.54 Å². The summed E-state index contributed by atoms with van der Waals surface area (Å²) >= 11 is 0. The summed E-state index contributed by atoms with van der Waals surface area (Å²) < 4.78 is 41.1. The van der Waals surface area contributed by atoms with Gasteiger partial charge >= 0.3 is 11.9 Å². The molecule has 1 N–H and O–H groups in total. The molecule has 8 heteroatoms. The molecule has 1 heterocycles. The van der Waals surface area contributed by atoms with E-state index in [9.17, 15) is 22.8 Å². The first-order valence-electron chi connectivity index (χ1n) is 7.96. The number of anilines is 1. The number of fused-ring (bicyclic) bond motifs is 1. The maximum absolute atomic E-state index is 12.8. The van der Waals surface area contributed by atoms with Crippen LogP contribution in [0.5, 0.6) is 0 Å². The third-order valence-electron chi connectivity index (χ3n) is 4.02. The van der Waals surface area contributed by atoms with Crippen LogP contribution in [0.2, 0.25) is 0 Å². The number of nitrogens with zero attached hydrogens (tertiary/aromatic N) is 2. The zero-order chi connectivity index (χ0) is 18.9. The summed E-state index contributed by atoms with van der Waals surface area (Å²) in [6.45, 7) is 1.98. The second-order valence-corrected chi connectivity index (χ2v) is 5.73. The zero-order valence-corrected chi connectivity index (χ0v) is 13.9. The number of hydrogen-bond donors (Lipinski definition) is 1. The molecule has 0 aliphatic heterocycles. The number of nitrogens with one attached hydrogen (secondary N) is 1. The number of para-hydroxylation sites is 2. The monoisotopic (exact) mass is 363 g/mol. The molecule has 0 saturated carbocycles. The summed E-state index contributed by atoms with van der Waals surface area (Å²) in [5, 5.41) is 2.41. The highest BCUT2D eigenvalue weighted by atomic mass is 19.4. The predicted octanol–water partition coefficient (Wildman–Crippen LogP) is 3.48. The van der Waals surface area contributed by atoms with Gasteiger partial charge in [0, 0.05) is 12.2 Å². The van der Waals surface area contributed by atoms with Gasteiger partial charge in [-0.25, -0.2) is 4.79 Å². The van der Waals surface area contributed by atoms with Gasteiger partial charge in [-0.15, -0.1) is 0 Å². The number of hydrogen-bond acceptors (Lipinski definition) is 2. The lowest BCUT2D eigenvalue weighted by Gasteiger charge is -2.10. The van der Waals surface area contributed by atoms with Crippen LogP contribution in [-0.2, 0) is 24.1 Å². The highest BCUT2D eigenvalue weighted by Gasteiger charge is 2.30. The number of amides is 1. The van der Waals surface area contributed by atoms with Crippen LogP contribution in [-0.4, -0.2) is 15.0 Å². The molecule has 0 bridgehead atoms. The van der Waals surface area contributed by atoms with Gasteiger partial charge in [0.15, 0.2) is 0 Å². The minimum absolute atomic E-state index is 0.0251. The van der Waals surface area contributed by atoms with Crippen molar-refractivity contribution in [2.45, 2.75) is 26.2 Å². The van der Waals surface area contributed by atoms with E-state index in [1.165, 1.54) is 21.3 Å². The highest BCUT2D eigenvalue weighted by molar-refractivity contribution is 5.91. The number of carbonyl (C=O) groups is 1. The van der Waals surface area contributed by atoms with Crippen molar-refractivity contribution in [1.29, 1.82) is 0 Å². The van der Waals surface area contributed by atoms with Crippen molar-refractivity contribution in [2.24, 2.45) is 0 Å². The molecule has 26 heavy (non-hydrogen) atoms. The van der Waals surface area contributed by atoms with Crippen molar-refractivity contribution < 1.29 is 18.0 Å². The Hall–Kier alpha value is -3.03. The third kappa shape index (κ3) is 3.35. The van der Waals surface area contributed by atoms with Gasteiger partial charge in [-0.1, -0.05) is 18.2 Å². The zero-order valence-electron chi connectivity index (χ0n) is 13.9. The van der Waals surface area contributed by atoms with E-state index < -0.39 is 17.6 Å². The second kappa shape index (κ2) is 6.70. The SMILES string of the molecule is CCn1c(=O)n(CC(=O)Nc2cccc(C(F)(F)F)c2)c2ccccc21. The number of rotatable bonds is 4. The normalized spacial score (nSPS) is 11.7. The molecule has 0 saturated heterocycles. The van der Waals surface area contributed by atoms with Gasteiger partial charge in [0.25, 0.3) is 0 Å². The molecule has 3 aromatic rings. The fourth-order valence-electron chi connectivity index (χ4n) is 2.85. The molecule has 3 rings (SSSR count). The topological polar surface area (TPSA) is 56.0 Å². The summed E-state index contributed by atoms with van der Waals surface area (Å²) in [5.74, 6) is -0.578. The van der Waals surface area contributed by atoms with Crippen LogP contribution in [0.25, 0.3) is 11.0 Å². The Morgan fingerprint density at radius 1 is 1.04 bits per heavy atom. The Bertz CT molecular complexity index is 1020. The molecule has 0 aliphatic carbocycles. The van der Waals surface area contributed by atoms with Crippen LogP contribution in [0.3, 0.4) is 0 Å². The lowest BCUT2D eigenvalue weighted by Crippen LogP contribution is -2.29. The summed E-state index contributed by atoms with van der Waals surface area (Å²) in [6.07, 6.45) is -4.49.